The highest BCUT2D eigenvalue weighted by Gasteiger charge is 2.14. The molecule has 26 heavy (non-hydrogen) atoms. The van der Waals surface area contributed by atoms with Gasteiger partial charge in [0, 0.05) is 24.4 Å². The molecule has 2 aromatic carbocycles. The maximum atomic E-state index is 11.0. The topological polar surface area (TPSA) is 84.5 Å². The van der Waals surface area contributed by atoms with E-state index in [-0.39, 0.29) is 5.56 Å². The van der Waals surface area contributed by atoms with Crippen molar-refractivity contribution in [3.63, 3.8) is 0 Å². The Kier molecular flexibility index (Phi) is 5.12. The zero-order valence-electron chi connectivity index (χ0n) is 13.9. The lowest BCUT2D eigenvalue weighted by Crippen LogP contribution is -2.04. The summed E-state index contributed by atoms with van der Waals surface area (Å²) in [5.74, 6) is -0.515. The fraction of sp³-hybridized carbons (Fsp3) is 0.158. The van der Waals surface area contributed by atoms with Crippen LogP contribution in [0.1, 0.15) is 15.9 Å². The van der Waals surface area contributed by atoms with Crippen molar-refractivity contribution < 1.29 is 19.4 Å². The number of carboxylic acid groups (broad SMARTS) is 1. The van der Waals surface area contributed by atoms with Crippen molar-refractivity contribution in [2.75, 3.05) is 20.3 Å². The second kappa shape index (κ2) is 7.48. The minimum atomic E-state index is -0.993. The predicted molar refractivity (Wildman–Crippen MR) is 97.3 cm³/mol. The number of rotatable bonds is 6. The standard InChI is InChI=1S/C19H15ClN2O4/c1-25-6-7-26-18-8-15-13(10-21)11-22(17(15)9-16(18)20)14-4-2-12(3-5-14)19(23)24/h2-5,8-9,11H,6-7H2,1H3,(H,23,24). The Hall–Kier alpha value is -3.01. The van der Waals surface area contributed by atoms with Crippen LogP contribution in [0, 0.1) is 11.3 Å². The van der Waals surface area contributed by atoms with E-state index < -0.39 is 5.97 Å². The average molecular weight is 371 g/mol. The number of hydrogen-bond acceptors (Lipinski definition) is 4. The van der Waals surface area contributed by atoms with Gasteiger partial charge in [0.05, 0.1) is 28.3 Å². The summed E-state index contributed by atoms with van der Waals surface area (Å²) in [4.78, 5) is 11.0. The molecular weight excluding hydrogens is 356 g/mol. The van der Waals surface area contributed by atoms with Crippen molar-refractivity contribution in [3.8, 4) is 17.5 Å². The molecule has 3 aromatic rings. The van der Waals surface area contributed by atoms with Gasteiger partial charge in [-0.15, -0.1) is 0 Å². The van der Waals surface area contributed by atoms with Gasteiger partial charge in [-0.3, -0.25) is 0 Å². The van der Waals surface area contributed by atoms with Gasteiger partial charge < -0.3 is 19.1 Å². The zero-order valence-corrected chi connectivity index (χ0v) is 14.7. The molecule has 3 rings (SSSR count). The Morgan fingerprint density at radius 1 is 1.27 bits per heavy atom. The summed E-state index contributed by atoms with van der Waals surface area (Å²) in [6, 6.07) is 12.0. The van der Waals surface area contributed by atoms with Gasteiger partial charge in [0.15, 0.2) is 0 Å². The number of aromatic nitrogens is 1. The summed E-state index contributed by atoms with van der Waals surface area (Å²) in [7, 11) is 1.58. The summed E-state index contributed by atoms with van der Waals surface area (Å²) in [5, 5.41) is 19.6. The van der Waals surface area contributed by atoms with Crippen molar-refractivity contribution in [2.45, 2.75) is 0 Å². The third-order valence-electron chi connectivity index (χ3n) is 3.92. The van der Waals surface area contributed by atoms with E-state index >= 15 is 0 Å². The molecule has 7 heteroatoms. The molecule has 1 aromatic heterocycles. The normalized spacial score (nSPS) is 10.7. The monoisotopic (exact) mass is 370 g/mol. The highest BCUT2D eigenvalue weighted by molar-refractivity contribution is 6.32. The molecule has 0 fully saturated rings. The van der Waals surface area contributed by atoms with Gasteiger partial charge >= 0.3 is 5.97 Å². The van der Waals surface area contributed by atoms with E-state index in [9.17, 15) is 10.1 Å². The van der Waals surface area contributed by atoms with Crippen LogP contribution in [0.2, 0.25) is 5.02 Å². The van der Waals surface area contributed by atoms with Crippen molar-refractivity contribution in [2.24, 2.45) is 0 Å². The third-order valence-corrected chi connectivity index (χ3v) is 4.21. The maximum Gasteiger partial charge on any atom is 0.335 e. The first-order chi connectivity index (χ1) is 12.5. The summed E-state index contributed by atoms with van der Waals surface area (Å²) in [6.45, 7) is 0.775. The van der Waals surface area contributed by atoms with Crippen LogP contribution < -0.4 is 4.74 Å². The van der Waals surface area contributed by atoms with Crippen LogP contribution in [0.5, 0.6) is 5.75 Å². The fourth-order valence-electron chi connectivity index (χ4n) is 2.64. The first-order valence-corrected chi connectivity index (χ1v) is 8.13. The molecule has 132 valence electrons. The van der Waals surface area contributed by atoms with Crippen LogP contribution in [-0.2, 0) is 4.74 Å². The molecule has 1 N–H and O–H groups in total. The van der Waals surface area contributed by atoms with Gasteiger partial charge in [0.25, 0.3) is 0 Å². The number of benzene rings is 2. The first-order valence-electron chi connectivity index (χ1n) is 7.75. The van der Waals surface area contributed by atoms with Gasteiger partial charge in [-0.2, -0.15) is 5.26 Å². The molecule has 0 saturated carbocycles. The number of carbonyl (C=O) groups is 1. The molecular formula is C19H15ClN2O4. The molecule has 0 saturated heterocycles. The van der Waals surface area contributed by atoms with E-state index in [1.54, 1.807) is 42.1 Å². The molecule has 0 aliphatic heterocycles. The van der Waals surface area contributed by atoms with Gasteiger partial charge in [-0.25, -0.2) is 4.79 Å². The lowest BCUT2D eigenvalue weighted by atomic mass is 10.2. The van der Waals surface area contributed by atoms with Gasteiger partial charge in [-0.05, 0) is 36.4 Å². The zero-order chi connectivity index (χ0) is 18.7. The Bertz CT molecular complexity index is 1000. The summed E-state index contributed by atoms with van der Waals surface area (Å²) < 4.78 is 12.4. The van der Waals surface area contributed by atoms with Gasteiger partial charge in [0.2, 0.25) is 0 Å². The van der Waals surface area contributed by atoms with Crippen LogP contribution >= 0.6 is 11.6 Å². The van der Waals surface area contributed by atoms with Gasteiger partial charge in [0.1, 0.15) is 18.4 Å². The molecule has 0 spiro atoms. The lowest BCUT2D eigenvalue weighted by molar-refractivity contribution is 0.0697. The smallest absolute Gasteiger partial charge is 0.335 e. The van der Waals surface area contributed by atoms with E-state index in [2.05, 4.69) is 6.07 Å². The number of halogens is 1. The Balaban J connectivity index is 2.08. The number of hydrogen-bond donors (Lipinski definition) is 1. The van der Waals surface area contributed by atoms with Crippen molar-refractivity contribution in [3.05, 3.63) is 58.7 Å². The number of methoxy groups -OCH3 is 1. The molecule has 6 nitrogen and oxygen atoms in total. The number of carboxylic acids is 1. The number of nitriles is 1. The summed E-state index contributed by atoms with van der Waals surface area (Å²) in [6.07, 6.45) is 1.69. The largest absolute Gasteiger partial charge is 0.490 e. The van der Waals surface area contributed by atoms with Crippen LogP contribution in [0.3, 0.4) is 0 Å². The first kappa shape index (κ1) is 17.8. The number of nitrogens with zero attached hydrogens (tertiary/aromatic N) is 2. The van der Waals surface area contributed by atoms with Crippen molar-refractivity contribution in [1.82, 2.24) is 4.57 Å². The number of fused-ring (bicyclic) bond motifs is 1. The highest BCUT2D eigenvalue weighted by atomic mass is 35.5. The number of aromatic carboxylic acids is 1. The fourth-order valence-corrected chi connectivity index (χ4v) is 2.85. The molecule has 0 unspecified atom stereocenters. The lowest BCUT2D eigenvalue weighted by Gasteiger charge is -2.10. The molecule has 0 aliphatic rings. The van der Waals surface area contributed by atoms with Gasteiger partial charge in [-0.1, -0.05) is 11.6 Å². The van der Waals surface area contributed by atoms with Crippen LogP contribution in [0.4, 0.5) is 0 Å². The molecule has 0 atom stereocenters. The Morgan fingerprint density at radius 2 is 2.00 bits per heavy atom. The maximum absolute atomic E-state index is 11.0. The molecule has 0 radical (unpaired) electrons. The van der Waals surface area contributed by atoms with Crippen LogP contribution in [0.15, 0.2) is 42.6 Å². The van der Waals surface area contributed by atoms with E-state index in [0.717, 1.165) is 11.2 Å². The molecule has 1 heterocycles. The van der Waals surface area contributed by atoms with Crippen LogP contribution in [0.25, 0.3) is 16.6 Å². The Labute approximate surface area is 154 Å². The quantitative estimate of drug-likeness (QED) is 0.665. The van der Waals surface area contributed by atoms with E-state index in [4.69, 9.17) is 26.2 Å². The number of ether oxygens (including phenoxy) is 2. The molecule has 0 aliphatic carbocycles. The average Bonchev–Trinajstić information content (AvgIpc) is 2.99. The summed E-state index contributed by atoms with van der Waals surface area (Å²) >= 11 is 6.32. The third kappa shape index (κ3) is 3.36. The summed E-state index contributed by atoms with van der Waals surface area (Å²) in [5.41, 5.74) is 2.12. The van der Waals surface area contributed by atoms with Crippen LogP contribution in [-0.4, -0.2) is 36.0 Å². The van der Waals surface area contributed by atoms with E-state index in [1.165, 1.54) is 12.1 Å². The van der Waals surface area contributed by atoms with Crippen molar-refractivity contribution >= 4 is 28.5 Å². The molecule has 0 amide bonds. The minimum absolute atomic E-state index is 0.192. The second-order valence-electron chi connectivity index (χ2n) is 5.52. The predicted octanol–water partition coefficient (Wildman–Crippen LogP) is 3.88. The second-order valence-corrected chi connectivity index (χ2v) is 5.92. The Morgan fingerprint density at radius 3 is 2.62 bits per heavy atom. The SMILES string of the molecule is COCCOc1cc2c(C#N)cn(-c3ccc(C(=O)O)cc3)c2cc1Cl. The highest BCUT2D eigenvalue weighted by Crippen LogP contribution is 2.34. The molecule has 0 bridgehead atoms. The van der Waals surface area contributed by atoms with E-state index in [1.807, 2.05) is 0 Å². The van der Waals surface area contributed by atoms with E-state index in [0.29, 0.717) is 34.9 Å². The minimum Gasteiger partial charge on any atom is -0.490 e. The van der Waals surface area contributed by atoms with Crippen molar-refractivity contribution in [1.29, 1.82) is 5.26 Å².